The topological polar surface area (TPSA) is 38.3 Å². The van der Waals surface area contributed by atoms with Crippen LogP contribution in [-0.2, 0) is 5.75 Å². The molecule has 0 saturated heterocycles. The van der Waals surface area contributed by atoms with Gasteiger partial charge >= 0.3 is 0 Å². The van der Waals surface area contributed by atoms with Crippen LogP contribution in [0, 0.1) is 0 Å². The van der Waals surface area contributed by atoms with Gasteiger partial charge in [0.25, 0.3) is 5.91 Å². The van der Waals surface area contributed by atoms with E-state index in [1.807, 2.05) is 66.7 Å². The Morgan fingerprint density at radius 2 is 1.60 bits per heavy atom. The number of nitrogens with one attached hydrogen (secondary N) is 1. The molecule has 0 atom stereocenters. The highest BCUT2D eigenvalue weighted by Gasteiger charge is 2.06. The Morgan fingerprint density at radius 3 is 2.24 bits per heavy atom. The molecule has 4 heteroatoms. The molecule has 0 aliphatic heterocycles. The minimum Gasteiger partial charge on any atom is -0.497 e. The average Bonchev–Trinajstić information content (AvgIpc) is 2.68. The Morgan fingerprint density at radius 1 is 0.920 bits per heavy atom. The summed E-state index contributed by atoms with van der Waals surface area (Å²) in [7, 11) is 1.62. The first-order valence-electron chi connectivity index (χ1n) is 7.97. The maximum absolute atomic E-state index is 12.3. The Labute approximate surface area is 152 Å². The summed E-state index contributed by atoms with van der Waals surface area (Å²) in [5, 5.41) is 2.89. The maximum Gasteiger partial charge on any atom is 0.255 e. The monoisotopic (exact) mass is 349 g/mol. The summed E-state index contributed by atoms with van der Waals surface area (Å²) in [6, 6.07) is 25.3. The van der Waals surface area contributed by atoms with Crippen LogP contribution in [0.5, 0.6) is 5.75 Å². The summed E-state index contributed by atoms with van der Waals surface area (Å²) in [4.78, 5) is 13.6. The predicted octanol–water partition coefficient (Wildman–Crippen LogP) is 5.24. The van der Waals surface area contributed by atoms with Crippen LogP contribution in [0.1, 0.15) is 15.9 Å². The van der Waals surface area contributed by atoms with E-state index < -0.39 is 0 Å². The Balaban J connectivity index is 1.58. The molecule has 1 N–H and O–H groups in total. The van der Waals surface area contributed by atoms with Crippen molar-refractivity contribution in [3.8, 4) is 5.75 Å². The normalized spacial score (nSPS) is 10.3. The Bertz CT molecular complexity index is 815. The second-order valence-corrected chi connectivity index (χ2v) is 6.53. The van der Waals surface area contributed by atoms with Gasteiger partial charge in [-0.25, -0.2) is 0 Å². The van der Waals surface area contributed by atoms with Gasteiger partial charge in [-0.05, 0) is 54.1 Å². The first-order valence-corrected chi connectivity index (χ1v) is 8.95. The first kappa shape index (κ1) is 17.1. The third-order valence-electron chi connectivity index (χ3n) is 3.71. The zero-order valence-corrected chi connectivity index (χ0v) is 14.8. The number of hydrogen-bond donors (Lipinski definition) is 1. The molecule has 126 valence electrons. The van der Waals surface area contributed by atoms with E-state index in [4.69, 9.17) is 4.74 Å². The van der Waals surface area contributed by atoms with Gasteiger partial charge < -0.3 is 10.1 Å². The number of thioether (sulfide) groups is 1. The molecule has 0 fully saturated rings. The molecular weight excluding hydrogens is 330 g/mol. The van der Waals surface area contributed by atoms with E-state index in [1.54, 1.807) is 18.9 Å². The minimum atomic E-state index is -0.118. The fourth-order valence-corrected chi connectivity index (χ4v) is 3.19. The van der Waals surface area contributed by atoms with Gasteiger partial charge in [-0.15, -0.1) is 11.8 Å². The third kappa shape index (κ3) is 4.88. The van der Waals surface area contributed by atoms with Crippen molar-refractivity contribution in [3.63, 3.8) is 0 Å². The molecule has 0 saturated carbocycles. The lowest BCUT2D eigenvalue weighted by Gasteiger charge is -2.07. The molecule has 1 amide bonds. The molecule has 0 unspecified atom stereocenters. The van der Waals surface area contributed by atoms with Gasteiger partial charge in [-0.3, -0.25) is 4.79 Å². The van der Waals surface area contributed by atoms with Crippen molar-refractivity contribution in [1.29, 1.82) is 0 Å². The van der Waals surface area contributed by atoms with Crippen LogP contribution in [0.15, 0.2) is 83.8 Å². The highest BCUT2D eigenvalue weighted by molar-refractivity contribution is 7.98. The zero-order chi connectivity index (χ0) is 17.5. The predicted molar refractivity (Wildman–Crippen MR) is 103 cm³/mol. The van der Waals surface area contributed by atoms with E-state index >= 15 is 0 Å². The lowest BCUT2D eigenvalue weighted by atomic mass is 10.1. The molecule has 3 rings (SSSR count). The van der Waals surface area contributed by atoms with Gasteiger partial charge in [-0.2, -0.15) is 0 Å². The molecule has 0 heterocycles. The summed E-state index contributed by atoms with van der Waals surface area (Å²) in [6.07, 6.45) is 0. The number of methoxy groups -OCH3 is 1. The number of carbonyl (C=O) groups excluding carboxylic acids is 1. The van der Waals surface area contributed by atoms with Crippen LogP contribution in [0.2, 0.25) is 0 Å². The lowest BCUT2D eigenvalue weighted by molar-refractivity contribution is 0.102. The van der Waals surface area contributed by atoms with Crippen molar-refractivity contribution >= 4 is 23.4 Å². The van der Waals surface area contributed by atoms with Gasteiger partial charge in [0, 0.05) is 21.9 Å². The Hall–Kier alpha value is -2.72. The maximum atomic E-state index is 12.3. The van der Waals surface area contributed by atoms with Crippen LogP contribution in [0.25, 0.3) is 0 Å². The number of amides is 1. The smallest absolute Gasteiger partial charge is 0.255 e. The number of benzene rings is 3. The van der Waals surface area contributed by atoms with Crippen molar-refractivity contribution in [2.24, 2.45) is 0 Å². The summed E-state index contributed by atoms with van der Waals surface area (Å²) in [5.74, 6) is 1.52. The van der Waals surface area contributed by atoms with Crippen LogP contribution in [0.4, 0.5) is 5.69 Å². The molecule has 0 radical (unpaired) electrons. The number of carbonyl (C=O) groups is 1. The SMILES string of the molecule is COc1ccc(NC(=O)c2ccc(CSc3ccccc3)cc2)cc1. The minimum absolute atomic E-state index is 0.118. The van der Waals surface area contributed by atoms with E-state index in [-0.39, 0.29) is 5.91 Å². The molecule has 0 bridgehead atoms. The van der Waals surface area contributed by atoms with E-state index in [0.29, 0.717) is 5.56 Å². The molecule has 3 nitrogen and oxygen atoms in total. The van der Waals surface area contributed by atoms with Crippen LogP contribution in [0.3, 0.4) is 0 Å². The van der Waals surface area contributed by atoms with Crippen molar-refractivity contribution in [1.82, 2.24) is 0 Å². The molecule has 25 heavy (non-hydrogen) atoms. The standard InChI is InChI=1S/C21H19NO2S/c1-24-19-13-11-18(12-14-19)22-21(23)17-9-7-16(8-10-17)15-25-20-5-3-2-4-6-20/h2-14H,15H2,1H3,(H,22,23). The fraction of sp³-hybridized carbons (Fsp3) is 0.0952. The van der Waals surface area contributed by atoms with Gasteiger partial charge in [0.2, 0.25) is 0 Å². The molecule has 0 aliphatic rings. The molecule has 3 aromatic carbocycles. The van der Waals surface area contributed by atoms with Crippen LogP contribution in [-0.4, -0.2) is 13.0 Å². The van der Waals surface area contributed by atoms with Crippen molar-refractivity contribution < 1.29 is 9.53 Å². The largest absolute Gasteiger partial charge is 0.497 e. The molecule has 0 spiro atoms. The summed E-state index contributed by atoms with van der Waals surface area (Å²) < 4.78 is 5.11. The van der Waals surface area contributed by atoms with Gasteiger partial charge in [0.1, 0.15) is 5.75 Å². The lowest BCUT2D eigenvalue weighted by Crippen LogP contribution is -2.11. The summed E-state index contributed by atoms with van der Waals surface area (Å²) in [5.41, 5.74) is 2.58. The fourth-order valence-electron chi connectivity index (χ4n) is 2.31. The van der Waals surface area contributed by atoms with Gasteiger partial charge in [0.15, 0.2) is 0 Å². The second kappa shape index (κ2) is 8.40. The van der Waals surface area contributed by atoms with Crippen molar-refractivity contribution in [2.45, 2.75) is 10.6 Å². The summed E-state index contributed by atoms with van der Waals surface area (Å²) in [6.45, 7) is 0. The molecule has 3 aromatic rings. The van der Waals surface area contributed by atoms with Gasteiger partial charge in [0.05, 0.1) is 7.11 Å². The number of ether oxygens (including phenoxy) is 1. The number of rotatable bonds is 6. The molecular formula is C21H19NO2S. The second-order valence-electron chi connectivity index (χ2n) is 5.48. The number of anilines is 1. The average molecular weight is 349 g/mol. The molecule has 0 aliphatic carbocycles. The quantitative estimate of drug-likeness (QED) is 0.619. The first-order chi connectivity index (χ1) is 12.2. The van der Waals surface area contributed by atoms with E-state index in [9.17, 15) is 4.79 Å². The van der Waals surface area contributed by atoms with Crippen molar-refractivity contribution in [3.05, 3.63) is 90.0 Å². The van der Waals surface area contributed by atoms with Crippen LogP contribution < -0.4 is 10.1 Å². The summed E-state index contributed by atoms with van der Waals surface area (Å²) >= 11 is 1.78. The van der Waals surface area contributed by atoms with E-state index in [1.165, 1.54) is 10.5 Å². The zero-order valence-electron chi connectivity index (χ0n) is 13.9. The van der Waals surface area contributed by atoms with Gasteiger partial charge in [-0.1, -0.05) is 30.3 Å². The third-order valence-corrected chi connectivity index (χ3v) is 4.80. The number of hydrogen-bond acceptors (Lipinski definition) is 3. The highest BCUT2D eigenvalue weighted by atomic mass is 32.2. The van der Waals surface area contributed by atoms with E-state index in [0.717, 1.165) is 17.2 Å². The van der Waals surface area contributed by atoms with Crippen LogP contribution >= 0.6 is 11.8 Å². The highest BCUT2D eigenvalue weighted by Crippen LogP contribution is 2.22. The van der Waals surface area contributed by atoms with Crippen molar-refractivity contribution in [2.75, 3.05) is 12.4 Å². The Kier molecular flexibility index (Phi) is 5.75. The van der Waals surface area contributed by atoms with E-state index in [2.05, 4.69) is 17.4 Å². The molecule has 0 aromatic heterocycles.